The summed E-state index contributed by atoms with van der Waals surface area (Å²) >= 11 is 0. The summed E-state index contributed by atoms with van der Waals surface area (Å²) in [5.41, 5.74) is 3.52. The van der Waals surface area contributed by atoms with Gasteiger partial charge >= 0.3 is 6.09 Å². The maximum absolute atomic E-state index is 15.2. The van der Waals surface area contributed by atoms with Gasteiger partial charge in [-0.2, -0.15) is 0 Å². The van der Waals surface area contributed by atoms with E-state index in [-0.39, 0.29) is 72.6 Å². The van der Waals surface area contributed by atoms with E-state index < -0.39 is 52.8 Å². The molecule has 2 saturated heterocycles. The van der Waals surface area contributed by atoms with Gasteiger partial charge in [0.15, 0.2) is 23.2 Å². The van der Waals surface area contributed by atoms with Crippen LogP contribution in [0.5, 0.6) is 5.75 Å². The molecule has 4 heterocycles. The highest BCUT2D eigenvalue weighted by molar-refractivity contribution is 6.06. The molecule has 2 aliphatic rings. The molecule has 5 rings (SSSR count). The number of amides is 2. The number of alkyl halides is 1. The van der Waals surface area contributed by atoms with Crippen LogP contribution in [0.4, 0.5) is 23.8 Å². The minimum atomic E-state index is -1.36. The van der Waals surface area contributed by atoms with Crippen LogP contribution in [0.25, 0.3) is 22.3 Å². The van der Waals surface area contributed by atoms with Crippen LogP contribution in [0.1, 0.15) is 50.4 Å². The molecule has 2 aliphatic heterocycles. The van der Waals surface area contributed by atoms with Crippen molar-refractivity contribution in [2.24, 2.45) is 5.73 Å². The third-order valence-electron chi connectivity index (χ3n) is 7.45. The second-order valence-corrected chi connectivity index (χ2v) is 12.3. The number of pyridine rings is 1. The Bertz CT molecular complexity index is 1570. The number of hydrogen-bond donors (Lipinski definition) is 3. The minimum absolute atomic E-state index is 0.0241. The number of aliphatic hydroxyl groups is 1. The fourth-order valence-corrected chi connectivity index (χ4v) is 5.24. The summed E-state index contributed by atoms with van der Waals surface area (Å²) in [5.74, 6) is -3.56. The Morgan fingerprint density at radius 1 is 1.13 bits per heavy atom. The fraction of sp³-hybridized carbons (Fsp3) is 0.500. The number of fused-ring (bicyclic) bond motifs is 1. The third kappa shape index (κ3) is 7.53. The van der Waals surface area contributed by atoms with Crippen molar-refractivity contribution in [3.05, 3.63) is 41.7 Å². The number of nitrogens with two attached hydrogens (primary N) is 1. The molecule has 2 aromatic heterocycles. The van der Waals surface area contributed by atoms with Crippen LogP contribution in [0, 0.1) is 11.6 Å². The van der Waals surface area contributed by atoms with Crippen LogP contribution in [-0.2, 0) is 9.47 Å². The van der Waals surface area contributed by atoms with E-state index in [1.165, 1.54) is 11.0 Å². The van der Waals surface area contributed by atoms with Crippen LogP contribution in [-0.4, -0.2) is 93.3 Å². The fourth-order valence-electron chi connectivity index (χ4n) is 5.24. The summed E-state index contributed by atoms with van der Waals surface area (Å²) in [6, 6.07) is 2.59. The number of halogens is 3. The Balaban J connectivity index is 1.45. The van der Waals surface area contributed by atoms with Gasteiger partial charge in [-0.3, -0.25) is 4.79 Å². The molecule has 4 N–H and O–H groups in total. The number of nitrogens with zero attached hydrogens (tertiary/aromatic N) is 4. The molecule has 0 unspecified atom stereocenters. The van der Waals surface area contributed by atoms with Gasteiger partial charge < -0.3 is 35.3 Å². The summed E-state index contributed by atoms with van der Waals surface area (Å²) in [4.78, 5) is 39.2. The van der Waals surface area contributed by atoms with Crippen LogP contribution < -0.4 is 15.8 Å². The number of primary amides is 1. The molecule has 15 heteroatoms. The average molecular weight is 633 g/mol. The van der Waals surface area contributed by atoms with E-state index in [2.05, 4.69) is 20.3 Å². The largest absolute Gasteiger partial charge is 0.485 e. The minimum Gasteiger partial charge on any atom is -0.485 e. The Morgan fingerprint density at radius 2 is 1.82 bits per heavy atom. The van der Waals surface area contributed by atoms with E-state index in [0.717, 1.165) is 18.5 Å². The van der Waals surface area contributed by atoms with Crippen molar-refractivity contribution in [1.82, 2.24) is 19.9 Å². The van der Waals surface area contributed by atoms with Crippen molar-refractivity contribution in [2.75, 3.05) is 38.2 Å². The van der Waals surface area contributed by atoms with Gasteiger partial charge in [0, 0.05) is 50.6 Å². The highest BCUT2D eigenvalue weighted by Gasteiger charge is 2.34. The molecule has 0 aliphatic carbocycles. The number of anilines is 1. The van der Waals surface area contributed by atoms with Crippen molar-refractivity contribution in [1.29, 1.82) is 0 Å². The molecule has 0 radical (unpaired) electrons. The predicted molar refractivity (Wildman–Crippen MR) is 156 cm³/mol. The molecule has 0 saturated carbocycles. The molecule has 0 spiro atoms. The lowest BCUT2D eigenvalue weighted by atomic mass is 9.96. The van der Waals surface area contributed by atoms with E-state index in [9.17, 15) is 19.1 Å². The maximum Gasteiger partial charge on any atom is 0.410 e. The van der Waals surface area contributed by atoms with E-state index in [4.69, 9.17) is 19.9 Å². The van der Waals surface area contributed by atoms with Gasteiger partial charge in [-0.25, -0.2) is 32.9 Å². The van der Waals surface area contributed by atoms with E-state index in [0.29, 0.717) is 13.2 Å². The lowest BCUT2D eigenvalue weighted by molar-refractivity contribution is -0.0864. The highest BCUT2D eigenvalue weighted by atomic mass is 19.1. The molecule has 2 amide bonds. The first kappa shape index (κ1) is 32.2. The van der Waals surface area contributed by atoms with Crippen molar-refractivity contribution in [3.8, 4) is 17.0 Å². The van der Waals surface area contributed by atoms with E-state index in [1.54, 1.807) is 20.8 Å². The second kappa shape index (κ2) is 12.6. The summed E-state index contributed by atoms with van der Waals surface area (Å²) < 4.78 is 61.0. The number of piperidine rings is 1. The van der Waals surface area contributed by atoms with Crippen molar-refractivity contribution < 1.29 is 42.1 Å². The molecule has 0 bridgehead atoms. The summed E-state index contributed by atoms with van der Waals surface area (Å²) in [6.07, 6.45) is -0.310. The third-order valence-corrected chi connectivity index (χ3v) is 7.45. The van der Waals surface area contributed by atoms with Crippen LogP contribution in [0.15, 0.2) is 24.5 Å². The van der Waals surface area contributed by atoms with Gasteiger partial charge in [-0.15, -0.1) is 0 Å². The van der Waals surface area contributed by atoms with Crippen LogP contribution in [0.2, 0.25) is 0 Å². The van der Waals surface area contributed by atoms with Gasteiger partial charge in [-0.05, 0) is 39.0 Å². The van der Waals surface area contributed by atoms with E-state index >= 15 is 8.78 Å². The molecule has 2 fully saturated rings. The highest BCUT2D eigenvalue weighted by Crippen LogP contribution is 2.33. The molecule has 3 aromatic rings. The number of nitrogens with one attached hydrogen (secondary N) is 1. The number of hydrogen-bond acceptors (Lipinski definition) is 10. The summed E-state index contributed by atoms with van der Waals surface area (Å²) in [6.45, 7) is 5.34. The van der Waals surface area contributed by atoms with E-state index in [1.807, 2.05) is 0 Å². The number of carbonyl (C=O) groups excluding carboxylic acids is 2. The normalized spacial score (nSPS) is 20.1. The Morgan fingerprint density at radius 3 is 2.47 bits per heavy atom. The first-order valence-electron chi connectivity index (χ1n) is 14.5. The van der Waals surface area contributed by atoms with Gasteiger partial charge in [0.1, 0.15) is 41.3 Å². The summed E-state index contributed by atoms with van der Waals surface area (Å²) in [7, 11) is 0. The van der Waals surface area contributed by atoms with Gasteiger partial charge in [0.25, 0.3) is 5.91 Å². The van der Waals surface area contributed by atoms with Gasteiger partial charge in [0.05, 0.1) is 17.8 Å². The predicted octanol–water partition coefficient (Wildman–Crippen LogP) is 3.75. The lowest BCUT2D eigenvalue weighted by Crippen LogP contribution is -2.51. The number of ether oxygens (including phenoxy) is 3. The number of carbonyl (C=O) groups is 2. The quantitative estimate of drug-likeness (QED) is 0.350. The van der Waals surface area contributed by atoms with Crippen molar-refractivity contribution >= 4 is 28.9 Å². The molecular weight excluding hydrogens is 597 g/mol. The standard InChI is InChI=1S/C30H35F3N6O6/c1-29(2,3)45-28(41)39-12-17(31)10-18(13-39)37-27-24-23(35-15-36-27)19(26(34)40)11-22(38-24)16-8-20(32)25(21(33)9-16)44-14-30(42)4-6-43-7-5-30/h8-9,11,15,17-18,42H,4-7,10,12-14H2,1-3H3,(H2,34,40)(H,35,36,37)/t17-,18-/m0/s1. The zero-order chi connectivity index (χ0) is 32.5. The molecule has 45 heavy (non-hydrogen) atoms. The number of rotatable bonds is 7. The Hall–Kier alpha value is -4.24. The topological polar surface area (TPSA) is 162 Å². The Kier molecular flexibility index (Phi) is 9.03. The Labute approximate surface area is 257 Å². The van der Waals surface area contributed by atoms with Gasteiger partial charge in [-0.1, -0.05) is 0 Å². The monoisotopic (exact) mass is 632 g/mol. The van der Waals surface area contributed by atoms with Gasteiger partial charge in [0.2, 0.25) is 0 Å². The number of likely N-dealkylation sites (tertiary alicyclic amines) is 1. The zero-order valence-electron chi connectivity index (χ0n) is 25.1. The smallest absolute Gasteiger partial charge is 0.410 e. The molecule has 1 aromatic carbocycles. The molecular formula is C30H35F3N6O6. The van der Waals surface area contributed by atoms with Crippen molar-refractivity contribution in [2.45, 2.75) is 63.4 Å². The first-order chi connectivity index (χ1) is 21.2. The first-order valence-corrected chi connectivity index (χ1v) is 14.5. The SMILES string of the molecule is CC(C)(C)OC(=O)N1C[C@@H](F)C[C@H](Nc2ncnc3c(C(N)=O)cc(-c4cc(F)c(OCC5(O)CCOCC5)c(F)c4)nc23)C1. The molecule has 12 nitrogen and oxygen atoms in total. The molecule has 242 valence electrons. The molecule has 2 atom stereocenters. The summed E-state index contributed by atoms with van der Waals surface area (Å²) in [5, 5.41) is 13.7. The number of aromatic nitrogens is 3. The second-order valence-electron chi connectivity index (χ2n) is 12.3. The lowest BCUT2D eigenvalue weighted by Gasteiger charge is -2.36. The zero-order valence-corrected chi connectivity index (χ0v) is 25.1. The van der Waals surface area contributed by atoms with Crippen molar-refractivity contribution in [3.63, 3.8) is 0 Å². The average Bonchev–Trinajstić information content (AvgIpc) is 2.95. The van der Waals surface area contributed by atoms with Crippen LogP contribution in [0.3, 0.4) is 0 Å². The maximum atomic E-state index is 15.2. The number of benzene rings is 1. The van der Waals surface area contributed by atoms with Crippen LogP contribution >= 0.6 is 0 Å².